The topological polar surface area (TPSA) is 43.4 Å². The molecular formula is C9H16O3S. The maximum Gasteiger partial charge on any atom is 0.270 e. The highest BCUT2D eigenvalue weighted by Gasteiger charge is 2.46. The minimum atomic E-state index is -3.24. The zero-order chi connectivity index (χ0) is 9.47. The van der Waals surface area contributed by atoms with Crippen LogP contribution in [0.15, 0.2) is 0 Å². The molecule has 2 bridgehead atoms. The van der Waals surface area contributed by atoms with Gasteiger partial charge in [0.05, 0.1) is 11.9 Å². The van der Waals surface area contributed by atoms with Gasteiger partial charge < -0.3 is 0 Å². The molecule has 0 aliphatic heterocycles. The van der Waals surface area contributed by atoms with Crippen LogP contribution in [0.2, 0.25) is 0 Å². The summed E-state index contributed by atoms with van der Waals surface area (Å²) in [4.78, 5) is 0. The van der Waals surface area contributed by atoms with E-state index >= 15 is 0 Å². The van der Waals surface area contributed by atoms with Gasteiger partial charge in [0.2, 0.25) is 0 Å². The van der Waals surface area contributed by atoms with Crippen LogP contribution in [0.4, 0.5) is 0 Å². The summed E-state index contributed by atoms with van der Waals surface area (Å²) in [6, 6.07) is 0. The molecule has 2 aliphatic rings. The molecule has 2 saturated carbocycles. The largest absolute Gasteiger partial charge is 0.270 e. The molecule has 2 aliphatic carbocycles. The molecule has 0 heterocycles. The summed E-state index contributed by atoms with van der Waals surface area (Å²) in [6.45, 7) is 2.00. The van der Waals surface area contributed by atoms with E-state index in [9.17, 15) is 8.42 Å². The van der Waals surface area contributed by atoms with Gasteiger partial charge in [-0.25, -0.2) is 0 Å². The Bertz CT molecular complexity index is 283. The van der Waals surface area contributed by atoms with E-state index in [1.807, 2.05) is 0 Å². The predicted octanol–water partition coefficient (Wildman–Crippen LogP) is 1.54. The lowest BCUT2D eigenvalue weighted by atomic mass is 10.0. The van der Waals surface area contributed by atoms with Gasteiger partial charge in [0.25, 0.3) is 10.1 Å². The molecule has 0 spiro atoms. The lowest BCUT2D eigenvalue weighted by Crippen LogP contribution is -2.28. The van der Waals surface area contributed by atoms with Crippen LogP contribution in [0.5, 0.6) is 0 Å². The molecule has 2 fully saturated rings. The second-order valence-corrected chi connectivity index (χ2v) is 5.94. The van der Waals surface area contributed by atoms with Gasteiger partial charge in [0, 0.05) is 0 Å². The fraction of sp³-hybridized carbons (Fsp3) is 1.00. The fourth-order valence-electron chi connectivity index (χ4n) is 2.79. The molecule has 0 N–H and O–H groups in total. The van der Waals surface area contributed by atoms with Crippen molar-refractivity contribution >= 4 is 10.1 Å². The van der Waals surface area contributed by atoms with Gasteiger partial charge >= 0.3 is 0 Å². The van der Waals surface area contributed by atoms with Crippen LogP contribution in [-0.2, 0) is 14.3 Å². The van der Waals surface area contributed by atoms with Crippen molar-refractivity contribution in [3.05, 3.63) is 0 Å². The first-order valence-electron chi connectivity index (χ1n) is 5.01. The summed E-state index contributed by atoms with van der Waals surface area (Å²) in [5, 5.41) is -0.189. The average molecular weight is 204 g/mol. The smallest absolute Gasteiger partial charge is 0.270 e. The Morgan fingerprint density at radius 3 is 2.54 bits per heavy atom. The van der Waals surface area contributed by atoms with Crippen molar-refractivity contribution in [3.63, 3.8) is 0 Å². The number of hydrogen-bond acceptors (Lipinski definition) is 3. The summed E-state index contributed by atoms with van der Waals surface area (Å²) in [5.74, 6) is 1.05. The van der Waals surface area contributed by atoms with E-state index in [4.69, 9.17) is 4.18 Å². The molecule has 0 radical (unpaired) electrons. The van der Waals surface area contributed by atoms with Gasteiger partial charge in [0.15, 0.2) is 0 Å². The van der Waals surface area contributed by atoms with Crippen LogP contribution in [-0.4, -0.2) is 20.3 Å². The highest BCUT2D eigenvalue weighted by Crippen LogP contribution is 2.47. The molecule has 76 valence electrons. The van der Waals surface area contributed by atoms with Crippen molar-refractivity contribution in [2.24, 2.45) is 11.8 Å². The van der Waals surface area contributed by atoms with Gasteiger partial charge in [0.1, 0.15) is 0 Å². The van der Waals surface area contributed by atoms with E-state index in [-0.39, 0.29) is 11.9 Å². The quantitative estimate of drug-likeness (QED) is 0.655. The van der Waals surface area contributed by atoms with Crippen LogP contribution < -0.4 is 0 Å². The molecule has 3 unspecified atom stereocenters. The Morgan fingerprint density at radius 1 is 1.31 bits per heavy atom. The number of hydrogen-bond donors (Lipinski definition) is 0. The van der Waals surface area contributed by atoms with E-state index < -0.39 is 10.1 Å². The number of rotatable bonds is 3. The zero-order valence-corrected chi connectivity index (χ0v) is 8.72. The molecule has 0 aromatic rings. The SMILES string of the molecule is CCOS(=O)(=O)C1CC2CCC1C2. The molecule has 0 aromatic heterocycles. The van der Waals surface area contributed by atoms with Gasteiger partial charge in [-0.15, -0.1) is 0 Å². The van der Waals surface area contributed by atoms with E-state index in [0.717, 1.165) is 19.3 Å². The standard InChI is InChI=1S/C9H16O3S/c1-2-12-13(10,11)9-6-7-3-4-8(9)5-7/h7-9H,2-6H2,1H3. The van der Waals surface area contributed by atoms with Crippen LogP contribution in [0.25, 0.3) is 0 Å². The van der Waals surface area contributed by atoms with Gasteiger partial charge in [-0.2, -0.15) is 8.42 Å². The first kappa shape index (κ1) is 9.46. The Morgan fingerprint density at radius 2 is 2.08 bits per heavy atom. The molecule has 0 aromatic carbocycles. The molecule has 3 nitrogen and oxygen atoms in total. The first-order valence-corrected chi connectivity index (χ1v) is 6.49. The van der Waals surface area contributed by atoms with Crippen molar-refractivity contribution in [3.8, 4) is 0 Å². The van der Waals surface area contributed by atoms with E-state index in [0.29, 0.717) is 11.8 Å². The fourth-order valence-corrected chi connectivity index (χ4v) is 4.52. The van der Waals surface area contributed by atoms with Crippen LogP contribution in [0.3, 0.4) is 0 Å². The highest BCUT2D eigenvalue weighted by molar-refractivity contribution is 7.87. The molecular weight excluding hydrogens is 188 g/mol. The van der Waals surface area contributed by atoms with E-state index in [1.165, 1.54) is 6.42 Å². The minimum absolute atomic E-state index is 0.189. The molecule has 0 saturated heterocycles. The van der Waals surface area contributed by atoms with Crippen LogP contribution in [0, 0.1) is 11.8 Å². The number of fused-ring (bicyclic) bond motifs is 2. The molecule has 3 atom stereocenters. The second kappa shape index (κ2) is 3.24. The third-order valence-electron chi connectivity index (χ3n) is 3.33. The van der Waals surface area contributed by atoms with E-state index in [2.05, 4.69) is 0 Å². The summed E-state index contributed by atoms with van der Waals surface area (Å²) < 4.78 is 28.0. The Balaban J connectivity index is 2.10. The predicted molar refractivity (Wildman–Crippen MR) is 49.8 cm³/mol. The second-order valence-electron chi connectivity index (χ2n) is 4.11. The highest BCUT2D eigenvalue weighted by atomic mass is 32.2. The summed E-state index contributed by atoms with van der Waals surface area (Å²) >= 11 is 0. The van der Waals surface area contributed by atoms with Crippen molar-refractivity contribution < 1.29 is 12.6 Å². The van der Waals surface area contributed by atoms with E-state index in [1.54, 1.807) is 6.92 Å². The van der Waals surface area contributed by atoms with Crippen molar-refractivity contribution in [2.75, 3.05) is 6.61 Å². The molecule has 4 heteroatoms. The molecule has 13 heavy (non-hydrogen) atoms. The maximum absolute atomic E-state index is 11.6. The third kappa shape index (κ3) is 1.62. The normalized spacial score (nSPS) is 38.4. The zero-order valence-electron chi connectivity index (χ0n) is 7.90. The van der Waals surface area contributed by atoms with Crippen LogP contribution in [0.1, 0.15) is 32.6 Å². The van der Waals surface area contributed by atoms with Gasteiger partial charge in [-0.3, -0.25) is 4.18 Å². The minimum Gasteiger partial charge on any atom is -0.270 e. The lowest BCUT2D eigenvalue weighted by molar-refractivity contribution is 0.317. The monoisotopic (exact) mass is 204 g/mol. The Hall–Kier alpha value is -0.0900. The van der Waals surface area contributed by atoms with Crippen LogP contribution >= 0.6 is 0 Å². The molecule has 2 rings (SSSR count). The lowest BCUT2D eigenvalue weighted by Gasteiger charge is -2.20. The van der Waals surface area contributed by atoms with Gasteiger partial charge in [-0.05, 0) is 38.0 Å². The summed E-state index contributed by atoms with van der Waals surface area (Å²) in [6.07, 6.45) is 4.26. The summed E-state index contributed by atoms with van der Waals surface area (Å²) in [5.41, 5.74) is 0. The average Bonchev–Trinajstić information content (AvgIpc) is 2.63. The van der Waals surface area contributed by atoms with Crippen molar-refractivity contribution in [1.29, 1.82) is 0 Å². The Kier molecular flexibility index (Phi) is 2.36. The maximum atomic E-state index is 11.6. The third-order valence-corrected chi connectivity index (χ3v) is 5.21. The Labute approximate surface area is 79.6 Å². The first-order chi connectivity index (χ1) is 6.13. The van der Waals surface area contributed by atoms with Gasteiger partial charge in [-0.1, -0.05) is 6.42 Å². The van der Waals surface area contributed by atoms with Crippen molar-refractivity contribution in [2.45, 2.75) is 37.9 Å². The molecule has 0 amide bonds. The van der Waals surface area contributed by atoms with Crippen molar-refractivity contribution in [1.82, 2.24) is 0 Å². The summed E-state index contributed by atoms with van der Waals surface area (Å²) in [7, 11) is -3.24.